The molecule has 0 bridgehead atoms. The lowest BCUT2D eigenvalue weighted by Gasteiger charge is -2.40. The van der Waals surface area contributed by atoms with Crippen LogP contribution in [0.25, 0.3) is 0 Å². The highest BCUT2D eigenvalue weighted by Crippen LogP contribution is 2.30. The fourth-order valence-electron chi connectivity index (χ4n) is 4.06. The topological polar surface area (TPSA) is 52.6 Å². The van der Waals surface area contributed by atoms with Crippen LogP contribution in [0, 0.1) is 5.92 Å². The third kappa shape index (κ3) is 5.24. The number of β-amino-alcohol motifs (C(OH)–C–C–N with tert-alkyl or cyclic N) is 1. The summed E-state index contributed by atoms with van der Waals surface area (Å²) in [5.41, 5.74) is -0.508. The lowest BCUT2D eigenvalue weighted by atomic mass is 9.83. The molecule has 1 aliphatic carbocycles. The zero-order valence-corrected chi connectivity index (χ0v) is 14.4. The molecule has 128 valence electrons. The van der Waals surface area contributed by atoms with E-state index in [9.17, 15) is 9.90 Å². The lowest BCUT2D eigenvalue weighted by Crippen LogP contribution is -2.50. The van der Waals surface area contributed by atoms with E-state index in [0.29, 0.717) is 0 Å². The fraction of sp³-hybridized carbons (Fsp3) is 0.944. The molecule has 1 saturated heterocycles. The van der Waals surface area contributed by atoms with Gasteiger partial charge in [-0.05, 0) is 45.6 Å². The summed E-state index contributed by atoms with van der Waals surface area (Å²) >= 11 is 0. The van der Waals surface area contributed by atoms with Crippen LogP contribution in [-0.4, -0.2) is 47.2 Å². The SMILES string of the molecule is CCCC(C)NC(=O)C1CCCN(CC2(O)CCCCC2)C1. The van der Waals surface area contributed by atoms with E-state index >= 15 is 0 Å². The Hall–Kier alpha value is -0.610. The Morgan fingerprint density at radius 1 is 1.32 bits per heavy atom. The molecule has 1 heterocycles. The average Bonchev–Trinajstić information content (AvgIpc) is 2.48. The zero-order valence-electron chi connectivity index (χ0n) is 14.4. The molecule has 1 aliphatic heterocycles. The Labute approximate surface area is 135 Å². The molecule has 1 saturated carbocycles. The highest BCUT2D eigenvalue weighted by molar-refractivity contribution is 5.79. The summed E-state index contributed by atoms with van der Waals surface area (Å²) in [4.78, 5) is 14.7. The van der Waals surface area contributed by atoms with Crippen LogP contribution in [0.3, 0.4) is 0 Å². The van der Waals surface area contributed by atoms with Crippen molar-refractivity contribution in [3.05, 3.63) is 0 Å². The second-order valence-electron chi connectivity index (χ2n) is 7.56. The molecule has 4 nitrogen and oxygen atoms in total. The predicted octanol–water partition coefficient (Wildman–Crippen LogP) is 2.70. The van der Waals surface area contributed by atoms with Crippen molar-refractivity contribution in [3.63, 3.8) is 0 Å². The maximum atomic E-state index is 12.4. The van der Waals surface area contributed by atoms with Crippen molar-refractivity contribution in [2.45, 2.75) is 83.3 Å². The third-order valence-corrected chi connectivity index (χ3v) is 5.29. The van der Waals surface area contributed by atoms with Crippen molar-refractivity contribution in [2.75, 3.05) is 19.6 Å². The van der Waals surface area contributed by atoms with Gasteiger partial charge >= 0.3 is 0 Å². The molecule has 0 spiro atoms. The van der Waals surface area contributed by atoms with E-state index in [4.69, 9.17) is 0 Å². The Bertz CT molecular complexity index is 353. The molecule has 2 N–H and O–H groups in total. The number of rotatable bonds is 6. The van der Waals surface area contributed by atoms with Gasteiger partial charge in [-0.1, -0.05) is 32.6 Å². The lowest BCUT2D eigenvalue weighted by molar-refractivity contribution is -0.128. The van der Waals surface area contributed by atoms with Crippen molar-refractivity contribution in [2.24, 2.45) is 5.92 Å². The second-order valence-corrected chi connectivity index (χ2v) is 7.56. The number of carbonyl (C=O) groups is 1. The van der Waals surface area contributed by atoms with Gasteiger partial charge in [-0.2, -0.15) is 0 Å². The number of nitrogens with one attached hydrogen (secondary N) is 1. The van der Waals surface area contributed by atoms with Gasteiger partial charge in [0.05, 0.1) is 11.5 Å². The highest BCUT2D eigenvalue weighted by Gasteiger charge is 2.34. The van der Waals surface area contributed by atoms with Crippen molar-refractivity contribution < 1.29 is 9.90 Å². The van der Waals surface area contributed by atoms with Crippen LogP contribution < -0.4 is 5.32 Å². The quantitative estimate of drug-likeness (QED) is 0.793. The minimum atomic E-state index is -0.508. The Balaban J connectivity index is 1.82. The summed E-state index contributed by atoms with van der Waals surface area (Å²) in [6.07, 6.45) is 9.58. The van der Waals surface area contributed by atoms with Gasteiger partial charge in [0.1, 0.15) is 0 Å². The van der Waals surface area contributed by atoms with E-state index in [1.807, 2.05) is 0 Å². The van der Waals surface area contributed by atoms with E-state index in [2.05, 4.69) is 24.1 Å². The molecule has 2 aliphatic rings. The first kappa shape index (κ1) is 17.7. The molecule has 2 fully saturated rings. The van der Waals surface area contributed by atoms with Crippen LogP contribution >= 0.6 is 0 Å². The molecule has 2 rings (SSSR count). The largest absolute Gasteiger partial charge is 0.389 e. The molecular formula is C18H34N2O2. The molecule has 0 radical (unpaired) electrons. The van der Waals surface area contributed by atoms with Crippen LogP contribution in [0.15, 0.2) is 0 Å². The third-order valence-electron chi connectivity index (χ3n) is 5.29. The van der Waals surface area contributed by atoms with Crippen LogP contribution in [-0.2, 0) is 4.79 Å². The van der Waals surface area contributed by atoms with E-state index in [0.717, 1.165) is 71.0 Å². The van der Waals surface area contributed by atoms with Crippen LogP contribution in [0.5, 0.6) is 0 Å². The first-order chi connectivity index (χ1) is 10.5. The number of carbonyl (C=O) groups excluding carboxylic acids is 1. The molecule has 0 aromatic heterocycles. The maximum absolute atomic E-state index is 12.4. The number of likely N-dealkylation sites (tertiary alicyclic amines) is 1. The van der Waals surface area contributed by atoms with Gasteiger partial charge in [-0.25, -0.2) is 0 Å². The number of piperidine rings is 1. The van der Waals surface area contributed by atoms with Crippen molar-refractivity contribution >= 4 is 5.91 Å². The zero-order chi connectivity index (χ0) is 16.0. The van der Waals surface area contributed by atoms with Gasteiger partial charge in [0.2, 0.25) is 5.91 Å². The van der Waals surface area contributed by atoms with Gasteiger partial charge in [-0.15, -0.1) is 0 Å². The van der Waals surface area contributed by atoms with Gasteiger partial charge in [0.25, 0.3) is 0 Å². The minimum absolute atomic E-state index is 0.0975. The van der Waals surface area contributed by atoms with Crippen LogP contribution in [0.2, 0.25) is 0 Å². The Morgan fingerprint density at radius 2 is 2.05 bits per heavy atom. The summed E-state index contributed by atoms with van der Waals surface area (Å²) in [6, 6.07) is 0.274. The number of nitrogens with zero attached hydrogens (tertiary/aromatic N) is 1. The summed E-state index contributed by atoms with van der Waals surface area (Å²) < 4.78 is 0. The monoisotopic (exact) mass is 310 g/mol. The predicted molar refractivity (Wildman–Crippen MR) is 89.7 cm³/mol. The first-order valence-corrected chi connectivity index (χ1v) is 9.27. The summed E-state index contributed by atoms with van der Waals surface area (Å²) in [7, 11) is 0. The van der Waals surface area contributed by atoms with Gasteiger partial charge in [0.15, 0.2) is 0 Å². The van der Waals surface area contributed by atoms with E-state index in [1.165, 1.54) is 6.42 Å². The summed E-state index contributed by atoms with van der Waals surface area (Å²) in [5, 5.41) is 13.9. The second kappa shape index (κ2) is 8.30. The normalized spacial score (nSPS) is 27.3. The van der Waals surface area contributed by atoms with E-state index in [1.54, 1.807) is 0 Å². The van der Waals surface area contributed by atoms with E-state index < -0.39 is 5.60 Å². The average molecular weight is 310 g/mol. The molecule has 1 amide bonds. The van der Waals surface area contributed by atoms with Gasteiger partial charge < -0.3 is 10.4 Å². The number of amides is 1. The molecule has 4 heteroatoms. The summed E-state index contributed by atoms with van der Waals surface area (Å²) in [5.74, 6) is 0.307. The molecule has 0 aromatic carbocycles. The molecule has 2 atom stereocenters. The van der Waals surface area contributed by atoms with Gasteiger partial charge in [0, 0.05) is 19.1 Å². The molecule has 0 aromatic rings. The standard InChI is InChI=1S/C18H34N2O2/c1-3-8-15(2)19-17(21)16-9-7-12-20(13-16)14-18(22)10-5-4-6-11-18/h15-16,22H,3-14H2,1-2H3,(H,19,21). The van der Waals surface area contributed by atoms with Crippen molar-refractivity contribution in [1.29, 1.82) is 0 Å². The van der Waals surface area contributed by atoms with E-state index in [-0.39, 0.29) is 17.9 Å². The minimum Gasteiger partial charge on any atom is -0.389 e. The molecular weight excluding hydrogens is 276 g/mol. The number of hydrogen-bond donors (Lipinski definition) is 2. The highest BCUT2D eigenvalue weighted by atomic mass is 16.3. The maximum Gasteiger partial charge on any atom is 0.224 e. The smallest absolute Gasteiger partial charge is 0.224 e. The number of hydrogen-bond acceptors (Lipinski definition) is 3. The van der Waals surface area contributed by atoms with Crippen LogP contribution in [0.1, 0.15) is 71.6 Å². The Kier molecular flexibility index (Phi) is 6.69. The summed E-state index contributed by atoms with van der Waals surface area (Å²) in [6.45, 7) is 6.83. The van der Waals surface area contributed by atoms with Crippen LogP contribution in [0.4, 0.5) is 0 Å². The van der Waals surface area contributed by atoms with Crippen molar-refractivity contribution in [1.82, 2.24) is 10.2 Å². The van der Waals surface area contributed by atoms with Crippen molar-refractivity contribution in [3.8, 4) is 0 Å². The molecule has 22 heavy (non-hydrogen) atoms. The first-order valence-electron chi connectivity index (χ1n) is 9.27. The van der Waals surface area contributed by atoms with Gasteiger partial charge in [-0.3, -0.25) is 9.69 Å². The number of aliphatic hydroxyl groups is 1. The molecule has 2 unspecified atom stereocenters. The fourth-order valence-corrected chi connectivity index (χ4v) is 4.06. The Morgan fingerprint density at radius 3 is 2.73 bits per heavy atom.